The SMILES string of the molecule is C/C(=C\c1ccccc1)C(C)CON. The summed E-state index contributed by atoms with van der Waals surface area (Å²) >= 11 is 0. The van der Waals surface area contributed by atoms with Crippen LogP contribution >= 0.6 is 0 Å². The highest BCUT2D eigenvalue weighted by atomic mass is 16.6. The van der Waals surface area contributed by atoms with Crippen molar-refractivity contribution in [2.24, 2.45) is 11.8 Å². The summed E-state index contributed by atoms with van der Waals surface area (Å²) in [6, 6.07) is 10.2. The second kappa shape index (κ2) is 5.58. The third kappa shape index (κ3) is 3.32. The number of benzene rings is 1. The molecule has 0 saturated heterocycles. The molecule has 0 aliphatic carbocycles. The summed E-state index contributed by atoms with van der Waals surface area (Å²) in [4.78, 5) is 4.62. The molecule has 0 aromatic heterocycles. The molecule has 14 heavy (non-hydrogen) atoms. The van der Waals surface area contributed by atoms with E-state index in [4.69, 9.17) is 5.90 Å². The van der Waals surface area contributed by atoms with Crippen LogP contribution in [0.2, 0.25) is 0 Å². The fourth-order valence-electron chi connectivity index (χ4n) is 1.23. The minimum atomic E-state index is 0.361. The minimum absolute atomic E-state index is 0.361. The zero-order valence-electron chi connectivity index (χ0n) is 8.73. The molecule has 0 radical (unpaired) electrons. The molecule has 0 spiro atoms. The molecule has 2 heteroatoms. The van der Waals surface area contributed by atoms with Crippen molar-refractivity contribution in [3.8, 4) is 0 Å². The molecule has 76 valence electrons. The van der Waals surface area contributed by atoms with Crippen LogP contribution in [0.4, 0.5) is 0 Å². The van der Waals surface area contributed by atoms with E-state index in [0.717, 1.165) is 0 Å². The molecule has 0 amide bonds. The van der Waals surface area contributed by atoms with E-state index in [1.165, 1.54) is 11.1 Å². The first-order chi connectivity index (χ1) is 6.74. The predicted octanol–water partition coefficient (Wildman–Crippen LogP) is 2.62. The Morgan fingerprint density at radius 1 is 1.43 bits per heavy atom. The van der Waals surface area contributed by atoms with Crippen LogP contribution in [0.5, 0.6) is 0 Å². The van der Waals surface area contributed by atoms with Gasteiger partial charge in [-0.2, -0.15) is 0 Å². The molecular formula is C12H17NO. The van der Waals surface area contributed by atoms with Crippen molar-refractivity contribution in [3.05, 3.63) is 41.5 Å². The maximum atomic E-state index is 5.03. The zero-order valence-corrected chi connectivity index (χ0v) is 8.73. The van der Waals surface area contributed by atoms with Gasteiger partial charge in [-0.1, -0.05) is 48.9 Å². The van der Waals surface area contributed by atoms with Gasteiger partial charge in [-0.05, 0) is 12.5 Å². The lowest BCUT2D eigenvalue weighted by Crippen LogP contribution is -2.10. The number of hydrogen-bond acceptors (Lipinski definition) is 2. The topological polar surface area (TPSA) is 35.2 Å². The molecule has 0 fully saturated rings. The maximum Gasteiger partial charge on any atom is 0.0741 e. The van der Waals surface area contributed by atoms with Crippen molar-refractivity contribution in [3.63, 3.8) is 0 Å². The summed E-state index contributed by atoms with van der Waals surface area (Å²) in [5.41, 5.74) is 2.50. The molecule has 1 aromatic rings. The minimum Gasteiger partial charge on any atom is -0.304 e. The summed E-state index contributed by atoms with van der Waals surface area (Å²) < 4.78 is 0. The van der Waals surface area contributed by atoms with Crippen LogP contribution < -0.4 is 5.90 Å². The molecule has 2 nitrogen and oxygen atoms in total. The Hall–Kier alpha value is -1.12. The highest BCUT2D eigenvalue weighted by Gasteiger charge is 2.03. The lowest BCUT2D eigenvalue weighted by atomic mass is 10.0. The van der Waals surface area contributed by atoms with Crippen LogP contribution in [0.1, 0.15) is 19.4 Å². The Balaban J connectivity index is 2.68. The molecule has 0 aliphatic heterocycles. The summed E-state index contributed by atoms with van der Waals surface area (Å²) in [6.07, 6.45) is 2.16. The summed E-state index contributed by atoms with van der Waals surface area (Å²) in [7, 11) is 0. The summed E-state index contributed by atoms with van der Waals surface area (Å²) in [5, 5.41) is 0. The van der Waals surface area contributed by atoms with E-state index in [1.54, 1.807) is 0 Å². The molecular weight excluding hydrogens is 174 g/mol. The second-order valence-corrected chi connectivity index (χ2v) is 3.53. The van der Waals surface area contributed by atoms with Gasteiger partial charge < -0.3 is 4.84 Å². The highest BCUT2D eigenvalue weighted by molar-refractivity contribution is 5.52. The van der Waals surface area contributed by atoms with Gasteiger partial charge in [0.25, 0.3) is 0 Å². The number of hydrogen-bond donors (Lipinski definition) is 1. The van der Waals surface area contributed by atoms with Crippen molar-refractivity contribution >= 4 is 6.08 Å². The van der Waals surface area contributed by atoms with E-state index < -0.39 is 0 Å². The number of nitrogens with two attached hydrogens (primary N) is 1. The molecule has 0 bridgehead atoms. The Labute approximate surface area is 85.3 Å². The standard InChI is InChI=1S/C12H17NO/c1-10(11(2)9-14-13)8-12-6-4-3-5-7-12/h3-8,11H,9,13H2,1-2H3/b10-8+. The van der Waals surface area contributed by atoms with Crippen molar-refractivity contribution in [2.45, 2.75) is 13.8 Å². The lowest BCUT2D eigenvalue weighted by molar-refractivity contribution is 0.117. The molecule has 0 aliphatic rings. The second-order valence-electron chi connectivity index (χ2n) is 3.53. The van der Waals surface area contributed by atoms with Gasteiger partial charge in [0.2, 0.25) is 0 Å². The van der Waals surface area contributed by atoms with E-state index in [1.807, 2.05) is 18.2 Å². The Kier molecular flexibility index (Phi) is 4.36. The smallest absolute Gasteiger partial charge is 0.0741 e. The fraction of sp³-hybridized carbons (Fsp3) is 0.333. The molecule has 1 atom stereocenters. The van der Waals surface area contributed by atoms with Gasteiger partial charge in [0.15, 0.2) is 0 Å². The molecule has 2 N–H and O–H groups in total. The Bertz CT molecular complexity index is 292. The van der Waals surface area contributed by atoms with E-state index in [9.17, 15) is 0 Å². The normalized spacial score (nSPS) is 14.1. The predicted molar refractivity (Wildman–Crippen MR) is 59.4 cm³/mol. The van der Waals surface area contributed by atoms with Crippen LogP contribution in [0.3, 0.4) is 0 Å². The van der Waals surface area contributed by atoms with Crippen LogP contribution in [0.25, 0.3) is 6.08 Å². The first-order valence-corrected chi connectivity index (χ1v) is 4.79. The molecule has 1 aromatic carbocycles. The molecule has 1 rings (SSSR count). The Morgan fingerprint density at radius 2 is 2.07 bits per heavy atom. The molecule has 0 saturated carbocycles. The van der Waals surface area contributed by atoms with E-state index in [2.05, 4.69) is 36.9 Å². The van der Waals surface area contributed by atoms with Gasteiger partial charge in [-0.15, -0.1) is 0 Å². The van der Waals surface area contributed by atoms with Gasteiger partial charge in [0, 0.05) is 5.92 Å². The Morgan fingerprint density at radius 3 is 2.64 bits per heavy atom. The van der Waals surface area contributed by atoms with Crippen LogP contribution in [0.15, 0.2) is 35.9 Å². The van der Waals surface area contributed by atoms with Crippen molar-refractivity contribution in [2.75, 3.05) is 6.61 Å². The van der Waals surface area contributed by atoms with Crippen LogP contribution in [-0.2, 0) is 4.84 Å². The largest absolute Gasteiger partial charge is 0.304 e. The molecule has 1 unspecified atom stereocenters. The van der Waals surface area contributed by atoms with Crippen molar-refractivity contribution in [1.29, 1.82) is 0 Å². The fourth-order valence-corrected chi connectivity index (χ4v) is 1.23. The van der Waals surface area contributed by atoms with E-state index in [-0.39, 0.29) is 0 Å². The summed E-state index contributed by atoms with van der Waals surface area (Å²) in [5.74, 6) is 5.39. The highest BCUT2D eigenvalue weighted by Crippen LogP contribution is 2.14. The number of rotatable bonds is 4. The van der Waals surface area contributed by atoms with Crippen molar-refractivity contribution < 1.29 is 4.84 Å². The summed E-state index contributed by atoms with van der Waals surface area (Å²) in [6.45, 7) is 4.76. The first kappa shape index (κ1) is 11.0. The van der Waals surface area contributed by atoms with Gasteiger partial charge >= 0.3 is 0 Å². The lowest BCUT2D eigenvalue weighted by Gasteiger charge is -2.10. The molecule has 0 heterocycles. The zero-order chi connectivity index (χ0) is 10.4. The quantitative estimate of drug-likeness (QED) is 0.742. The third-order valence-corrected chi connectivity index (χ3v) is 2.32. The van der Waals surface area contributed by atoms with Gasteiger partial charge in [-0.25, -0.2) is 5.90 Å². The van der Waals surface area contributed by atoms with Gasteiger partial charge in [-0.3, -0.25) is 0 Å². The van der Waals surface area contributed by atoms with Gasteiger partial charge in [0.1, 0.15) is 0 Å². The first-order valence-electron chi connectivity index (χ1n) is 4.79. The van der Waals surface area contributed by atoms with E-state index in [0.29, 0.717) is 12.5 Å². The average molecular weight is 191 g/mol. The van der Waals surface area contributed by atoms with E-state index >= 15 is 0 Å². The average Bonchev–Trinajstić information content (AvgIpc) is 2.19. The van der Waals surface area contributed by atoms with Crippen LogP contribution in [0, 0.1) is 5.92 Å². The van der Waals surface area contributed by atoms with Crippen molar-refractivity contribution in [1.82, 2.24) is 0 Å². The van der Waals surface area contributed by atoms with Gasteiger partial charge in [0.05, 0.1) is 6.61 Å². The monoisotopic (exact) mass is 191 g/mol. The maximum absolute atomic E-state index is 5.03. The van der Waals surface area contributed by atoms with Crippen LogP contribution in [-0.4, -0.2) is 6.61 Å². The third-order valence-electron chi connectivity index (χ3n) is 2.32.